The molecule has 0 aromatic carbocycles. The molecule has 1 rings (SSSR count). The number of aromatic nitrogens is 2. The molecular weight excluding hydrogens is 242 g/mol. The first-order valence-electron chi connectivity index (χ1n) is 5.60. The van der Waals surface area contributed by atoms with E-state index in [1.807, 2.05) is 0 Å². The van der Waals surface area contributed by atoms with Crippen LogP contribution in [0.25, 0.3) is 0 Å². The Balaban J connectivity index is 2.75. The summed E-state index contributed by atoms with van der Waals surface area (Å²) in [5.74, 6) is 0.189. The van der Waals surface area contributed by atoms with Gasteiger partial charge in [-0.3, -0.25) is 9.59 Å². The topological polar surface area (TPSA) is 66.1 Å². The monoisotopic (exact) mass is 257 g/mol. The Morgan fingerprint density at radius 3 is 2.76 bits per heavy atom. The van der Waals surface area contributed by atoms with E-state index in [9.17, 15) is 9.59 Å². The summed E-state index contributed by atoms with van der Waals surface area (Å²) in [6, 6.07) is 2.72. The van der Waals surface area contributed by atoms with E-state index in [1.165, 1.54) is 12.1 Å². The predicted octanol–water partition coefficient (Wildman–Crippen LogP) is 1.25. The molecule has 0 aliphatic carbocycles. The van der Waals surface area contributed by atoms with Crippen LogP contribution in [0.15, 0.2) is 16.9 Å². The number of halogens is 1. The number of amides is 1. The third-order valence-corrected chi connectivity index (χ3v) is 2.49. The van der Waals surface area contributed by atoms with Crippen LogP contribution < -0.4 is 5.56 Å². The fourth-order valence-corrected chi connectivity index (χ4v) is 1.60. The average Bonchev–Trinajstić information content (AvgIpc) is 2.34. The zero-order valence-electron chi connectivity index (χ0n) is 9.78. The smallest absolute Gasteiger partial charge is 0.274 e. The van der Waals surface area contributed by atoms with Crippen LogP contribution in [-0.2, 0) is 0 Å². The van der Waals surface area contributed by atoms with Crippen molar-refractivity contribution in [1.29, 1.82) is 0 Å². The first-order valence-corrected chi connectivity index (χ1v) is 6.13. The Morgan fingerprint density at radius 1 is 1.47 bits per heavy atom. The Bertz CT molecular complexity index is 399. The van der Waals surface area contributed by atoms with Crippen molar-refractivity contribution in [3.63, 3.8) is 0 Å². The third-order valence-electron chi connectivity index (χ3n) is 2.32. The van der Waals surface area contributed by atoms with Crippen LogP contribution in [0.3, 0.4) is 0 Å². The number of aromatic amines is 1. The van der Waals surface area contributed by atoms with E-state index in [1.54, 1.807) is 4.90 Å². The molecule has 0 fully saturated rings. The summed E-state index contributed by atoms with van der Waals surface area (Å²) in [6.45, 7) is 3.20. The molecule has 0 spiro atoms. The minimum absolute atomic E-state index is 0.199. The molecule has 0 saturated heterocycles. The summed E-state index contributed by atoms with van der Waals surface area (Å²) in [5, 5.41) is 5.97. The normalized spacial score (nSPS) is 10.2. The van der Waals surface area contributed by atoms with E-state index in [0.29, 0.717) is 19.0 Å². The van der Waals surface area contributed by atoms with Gasteiger partial charge in [0.15, 0.2) is 0 Å². The average molecular weight is 258 g/mol. The van der Waals surface area contributed by atoms with E-state index in [2.05, 4.69) is 17.1 Å². The molecule has 0 saturated carbocycles. The van der Waals surface area contributed by atoms with Crippen molar-refractivity contribution in [2.24, 2.45) is 0 Å². The highest BCUT2D eigenvalue weighted by molar-refractivity contribution is 6.18. The second-order valence-electron chi connectivity index (χ2n) is 3.64. The molecule has 0 unspecified atom stereocenters. The Morgan fingerprint density at radius 2 is 2.24 bits per heavy atom. The summed E-state index contributed by atoms with van der Waals surface area (Å²) in [7, 11) is 0. The summed E-state index contributed by atoms with van der Waals surface area (Å²) in [5.41, 5.74) is -0.0789. The number of nitrogens with zero attached hydrogens (tertiary/aromatic N) is 2. The summed E-state index contributed by atoms with van der Waals surface area (Å²) in [6.07, 6.45) is 1.93. The van der Waals surface area contributed by atoms with E-state index in [-0.39, 0.29) is 17.2 Å². The van der Waals surface area contributed by atoms with Gasteiger partial charge in [0.05, 0.1) is 0 Å². The highest BCUT2D eigenvalue weighted by Gasteiger charge is 2.15. The lowest BCUT2D eigenvalue weighted by Gasteiger charge is -2.20. The number of hydrogen-bond acceptors (Lipinski definition) is 3. The van der Waals surface area contributed by atoms with Crippen LogP contribution >= 0.6 is 11.6 Å². The van der Waals surface area contributed by atoms with Crippen molar-refractivity contribution in [2.45, 2.75) is 19.8 Å². The van der Waals surface area contributed by atoms with Crippen molar-refractivity contribution in [3.8, 4) is 0 Å². The second kappa shape index (κ2) is 7.06. The maximum absolute atomic E-state index is 12.0. The highest BCUT2D eigenvalue weighted by Crippen LogP contribution is 2.02. The zero-order valence-corrected chi connectivity index (χ0v) is 10.5. The summed E-state index contributed by atoms with van der Waals surface area (Å²) >= 11 is 5.66. The number of carbonyl (C=O) groups excluding carboxylic acids is 1. The van der Waals surface area contributed by atoms with Crippen molar-refractivity contribution in [2.75, 3.05) is 19.0 Å². The molecule has 5 nitrogen and oxygen atoms in total. The lowest BCUT2D eigenvalue weighted by atomic mass is 10.3. The zero-order chi connectivity index (χ0) is 12.7. The van der Waals surface area contributed by atoms with Crippen LogP contribution in [-0.4, -0.2) is 40.0 Å². The van der Waals surface area contributed by atoms with E-state index >= 15 is 0 Å². The largest absolute Gasteiger partial charge is 0.336 e. The molecule has 1 aromatic rings. The van der Waals surface area contributed by atoms with Crippen molar-refractivity contribution < 1.29 is 4.79 Å². The molecular formula is C11H16ClN3O2. The quantitative estimate of drug-likeness (QED) is 0.780. The minimum Gasteiger partial charge on any atom is -0.336 e. The fourth-order valence-electron chi connectivity index (χ4n) is 1.39. The molecule has 0 aliphatic heterocycles. The number of nitrogens with one attached hydrogen (secondary N) is 1. The minimum atomic E-state index is -0.320. The lowest BCUT2D eigenvalue weighted by Crippen LogP contribution is -2.34. The number of alkyl halides is 1. The van der Waals surface area contributed by atoms with E-state index in [0.717, 1.165) is 12.8 Å². The van der Waals surface area contributed by atoms with Crippen LogP contribution in [0.1, 0.15) is 30.3 Å². The van der Waals surface area contributed by atoms with Crippen LogP contribution in [0.2, 0.25) is 0 Å². The highest BCUT2D eigenvalue weighted by atomic mass is 35.5. The number of hydrogen-bond donors (Lipinski definition) is 1. The van der Waals surface area contributed by atoms with E-state index in [4.69, 9.17) is 11.6 Å². The van der Waals surface area contributed by atoms with Gasteiger partial charge in [0, 0.05) is 25.0 Å². The van der Waals surface area contributed by atoms with Gasteiger partial charge in [0.1, 0.15) is 5.69 Å². The maximum atomic E-state index is 12.0. The second-order valence-corrected chi connectivity index (χ2v) is 4.02. The van der Waals surface area contributed by atoms with Crippen LogP contribution in [0, 0.1) is 0 Å². The molecule has 1 amide bonds. The van der Waals surface area contributed by atoms with Gasteiger partial charge in [-0.25, -0.2) is 5.10 Å². The van der Waals surface area contributed by atoms with Gasteiger partial charge in [0.25, 0.3) is 11.5 Å². The first-order chi connectivity index (χ1) is 8.19. The van der Waals surface area contributed by atoms with Crippen molar-refractivity contribution in [1.82, 2.24) is 15.1 Å². The number of H-pyrrole nitrogens is 1. The molecule has 0 bridgehead atoms. The van der Waals surface area contributed by atoms with Gasteiger partial charge in [0.2, 0.25) is 0 Å². The van der Waals surface area contributed by atoms with Gasteiger partial charge in [-0.05, 0) is 12.5 Å². The molecule has 94 valence electrons. The molecule has 0 radical (unpaired) electrons. The molecule has 1 N–H and O–H groups in total. The molecule has 0 atom stereocenters. The Kier molecular flexibility index (Phi) is 5.69. The van der Waals surface area contributed by atoms with E-state index < -0.39 is 0 Å². The Labute approximate surface area is 105 Å². The first kappa shape index (κ1) is 13.7. The van der Waals surface area contributed by atoms with Crippen molar-refractivity contribution >= 4 is 17.5 Å². The lowest BCUT2D eigenvalue weighted by molar-refractivity contribution is 0.0756. The van der Waals surface area contributed by atoms with Gasteiger partial charge in [-0.1, -0.05) is 13.3 Å². The fraction of sp³-hybridized carbons (Fsp3) is 0.545. The van der Waals surface area contributed by atoms with Gasteiger partial charge >= 0.3 is 0 Å². The molecule has 1 aromatic heterocycles. The van der Waals surface area contributed by atoms with Gasteiger partial charge in [-0.2, -0.15) is 5.10 Å². The molecule has 6 heteroatoms. The standard InChI is InChI=1S/C11H16ClN3O2/c1-2-3-7-15(8-6-12)11(17)9-4-5-10(16)14-13-9/h4-5H,2-3,6-8H2,1H3,(H,14,16). The Hall–Kier alpha value is -1.36. The van der Waals surface area contributed by atoms with Gasteiger partial charge < -0.3 is 4.90 Å². The summed E-state index contributed by atoms with van der Waals surface area (Å²) in [4.78, 5) is 24.5. The van der Waals surface area contributed by atoms with Crippen molar-refractivity contribution in [3.05, 3.63) is 28.2 Å². The van der Waals surface area contributed by atoms with Gasteiger partial charge in [-0.15, -0.1) is 11.6 Å². The molecule has 1 heterocycles. The maximum Gasteiger partial charge on any atom is 0.274 e. The SMILES string of the molecule is CCCCN(CCCl)C(=O)c1ccc(=O)[nH]n1. The number of rotatable bonds is 6. The van der Waals surface area contributed by atoms with Crippen LogP contribution in [0.5, 0.6) is 0 Å². The number of carbonyl (C=O) groups is 1. The van der Waals surface area contributed by atoms with Crippen LogP contribution in [0.4, 0.5) is 0 Å². The number of unbranched alkanes of at least 4 members (excludes halogenated alkanes) is 1. The molecule has 17 heavy (non-hydrogen) atoms. The predicted molar refractivity (Wildman–Crippen MR) is 66.4 cm³/mol. The summed E-state index contributed by atoms with van der Waals surface area (Å²) < 4.78 is 0. The molecule has 0 aliphatic rings. The third kappa shape index (κ3) is 4.19.